The molecule has 0 aliphatic heterocycles. The maximum Gasteiger partial charge on any atom is 0.315 e. The monoisotopic (exact) mass is 312 g/mol. The largest absolute Gasteiger partial charge is 0.337 e. The van der Waals surface area contributed by atoms with Crippen molar-refractivity contribution in [1.29, 1.82) is 0 Å². The second-order valence-electron chi connectivity index (χ2n) is 5.57. The number of amides is 2. The first-order valence-corrected chi connectivity index (χ1v) is 9.01. The van der Waals surface area contributed by atoms with Crippen LogP contribution in [0.2, 0.25) is 0 Å². The van der Waals surface area contributed by atoms with Crippen LogP contribution in [-0.2, 0) is 16.3 Å². The SMILES string of the molecule is Cc1ccc(C[C@@H](C)NC(=O)NCCS(C)(=O)=O)c(C)c1. The number of nitrogens with one attached hydrogen (secondary N) is 2. The van der Waals surface area contributed by atoms with Crippen molar-refractivity contribution in [2.45, 2.75) is 33.2 Å². The highest BCUT2D eigenvalue weighted by Crippen LogP contribution is 2.12. The molecule has 0 saturated heterocycles. The Morgan fingerprint density at radius 1 is 1.29 bits per heavy atom. The summed E-state index contributed by atoms with van der Waals surface area (Å²) in [4.78, 5) is 11.7. The van der Waals surface area contributed by atoms with E-state index in [1.54, 1.807) is 0 Å². The first kappa shape index (κ1) is 17.5. The molecule has 0 saturated carbocycles. The molecule has 2 amide bonds. The minimum Gasteiger partial charge on any atom is -0.337 e. The summed E-state index contributed by atoms with van der Waals surface area (Å²) in [6, 6.07) is 5.89. The van der Waals surface area contributed by atoms with Crippen molar-refractivity contribution in [3.8, 4) is 0 Å². The molecule has 1 aromatic rings. The van der Waals surface area contributed by atoms with Gasteiger partial charge in [0.25, 0.3) is 0 Å². The van der Waals surface area contributed by atoms with Gasteiger partial charge in [-0.25, -0.2) is 13.2 Å². The number of hydrogen-bond donors (Lipinski definition) is 2. The molecule has 118 valence electrons. The lowest BCUT2D eigenvalue weighted by Crippen LogP contribution is -2.43. The van der Waals surface area contributed by atoms with E-state index in [9.17, 15) is 13.2 Å². The number of benzene rings is 1. The Labute approximate surface area is 127 Å². The maximum absolute atomic E-state index is 11.7. The first-order valence-electron chi connectivity index (χ1n) is 6.95. The van der Waals surface area contributed by atoms with E-state index < -0.39 is 9.84 Å². The molecule has 5 nitrogen and oxygen atoms in total. The summed E-state index contributed by atoms with van der Waals surface area (Å²) in [5.74, 6) is -0.0497. The first-order chi connectivity index (χ1) is 9.67. The van der Waals surface area contributed by atoms with Gasteiger partial charge in [0.2, 0.25) is 0 Å². The fourth-order valence-electron chi connectivity index (χ4n) is 2.08. The second-order valence-corrected chi connectivity index (χ2v) is 7.82. The highest BCUT2D eigenvalue weighted by atomic mass is 32.2. The van der Waals surface area contributed by atoms with E-state index in [0.717, 1.165) is 12.7 Å². The molecule has 0 spiro atoms. The van der Waals surface area contributed by atoms with Gasteiger partial charge in [0.05, 0.1) is 5.75 Å². The second kappa shape index (κ2) is 7.45. The number of aryl methyl sites for hydroxylation is 2. The fourth-order valence-corrected chi connectivity index (χ4v) is 2.55. The van der Waals surface area contributed by atoms with Crippen LogP contribution in [-0.4, -0.2) is 39.0 Å². The number of hydrogen-bond acceptors (Lipinski definition) is 3. The van der Waals surface area contributed by atoms with E-state index in [1.165, 1.54) is 16.7 Å². The number of carbonyl (C=O) groups excluding carboxylic acids is 1. The van der Waals surface area contributed by atoms with Gasteiger partial charge in [-0.15, -0.1) is 0 Å². The van der Waals surface area contributed by atoms with Gasteiger partial charge in [0.1, 0.15) is 9.84 Å². The summed E-state index contributed by atoms with van der Waals surface area (Å²) in [5.41, 5.74) is 3.63. The van der Waals surface area contributed by atoms with Crippen LogP contribution < -0.4 is 10.6 Å². The molecule has 0 aromatic heterocycles. The molecule has 0 unspecified atom stereocenters. The maximum atomic E-state index is 11.7. The van der Waals surface area contributed by atoms with Crippen LogP contribution >= 0.6 is 0 Å². The Bertz CT molecular complexity index is 597. The highest BCUT2D eigenvalue weighted by Gasteiger charge is 2.10. The molecule has 0 radical (unpaired) electrons. The van der Waals surface area contributed by atoms with Gasteiger partial charge in [-0.1, -0.05) is 23.8 Å². The van der Waals surface area contributed by atoms with Crippen molar-refractivity contribution in [1.82, 2.24) is 10.6 Å². The third-order valence-electron chi connectivity index (χ3n) is 3.16. The Balaban J connectivity index is 2.42. The fraction of sp³-hybridized carbons (Fsp3) is 0.533. The summed E-state index contributed by atoms with van der Waals surface area (Å²) >= 11 is 0. The normalized spacial score (nSPS) is 12.8. The van der Waals surface area contributed by atoms with Gasteiger partial charge < -0.3 is 10.6 Å². The van der Waals surface area contributed by atoms with Crippen molar-refractivity contribution in [2.24, 2.45) is 0 Å². The average Bonchev–Trinajstić information content (AvgIpc) is 2.31. The number of rotatable bonds is 6. The summed E-state index contributed by atoms with van der Waals surface area (Å²) in [5, 5.41) is 5.36. The molecule has 6 heteroatoms. The summed E-state index contributed by atoms with van der Waals surface area (Å²) in [7, 11) is -3.05. The van der Waals surface area contributed by atoms with Crippen LogP contribution in [0.25, 0.3) is 0 Å². The molecule has 1 atom stereocenters. The molecule has 0 bridgehead atoms. The topological polar surface area (TPSA) is 75.3 Å². The molecular weight excluding hydrogens is 288 g/mol. The van der Waals surface area contributed by atoms with Crippen LogP contribution in [0.3, 0.4) is 0 Å². The highest BCUT2D eigenvalue weighted by molar-refractivity contribution is 7.90. The molecule has 0 aliphatic carbocycles. The van der Waals surface area contributed by atoms with Crippen molar-refractivity contribution in [3.63, 3.8) is 0 Å². The summed E-state index contributed by atoms with van der Waals surface area (Å²) in [6.07, 6.45) is 1.89. The van der Waals surface area contributed by atoms with Gasteiger partial charge in [-0.2, -0.15) is 0 Å². The van der Waals surface area contributed by atoms with E-state index in [4.69, 9.17) is 0 Å². The Morgan fingerprint density at radius 2 is 1.95 bits per heavy atom. The standard InChI is InChI=1S/C15H24N2O3S/c1-11-5-6-14(12(2)9-11)10-13(3)17-15(18)16-7-8-21(4,19)20/h5-6,9,13H,7-8,10H2,1-4H3,(H2,16,17,18)/t13-/m1/s1. The van der Waals surface area contributed by atoms with Crippen LogP contribution in [0.4, 0.5) is 4.79 Å². The summed E-state index contributed by atoms with van der Waals surface area (Å²) < 4.78 is 21.9. The molecule has 0 aliphatic rings. The van der Waals surface area contributed by atoms with Gasteiger partial charge in [0, 0.05) is 18.8 Å². The van der Waals surface area contributed by atoms with E-state index in [2.05, 4.69) is 35.8 Å². The lowest BCUT2D eigenvalue weighted by atomic mass is 10.00. The Kier molecular flexibility index (Phi) is 6.20. The quantitative estimate of drug-likeness (QED) is 0.837. The van der Waals surface area contributed by atoms with Crippen LogP contribution in [0.15, 0.2) is 18.2 Å². The van der Waals surface area contributed by atoms with Crippen molar-refractivity contribution in [2.75, 3.05) is 18.6 Å². The predicted octanol–water partition coefficient (Wildman–Crippen LogP) is 1.58. The van der Waals surface area contributed by atoms with E-state index in [1.807, 2.05) is 13.8 Å². The molecule has 2 N–H and O–H groups in total. The molecule has 1 aromatic carbocycles. The minimum atomic E-state index is -3.05. The van der Waals surface area contributed by atoms with Crippen molar-refractivity contribution in [3.05, 3.63) is 34.9 Å². The van der Waals surface area contributed by atoms with Gasteiger partial charge >= 0.3 is 6.03 Å². The van der Waals surface area contributed by atoms with Crippen molar-refractivity contribution >= 4 is 15.9 Å². The van der Waals surface area contributed by atoms with Crippen molar-refractivity contribution < 1.29 is 13.2 Å². The predicted molar refractivity (Wildman–Crippen MR) is 85.3 cm³/mol. The zero-order chi connectivity index (χ0) is 16.0. The Hall–Kier alpha value is -1.56. The molecule has 0 fully saturated rings. The van der Waals surface area contributed by atoms with Gasteiger partial charge in [-0.05, 0) is 38.3 Å². The van der Waals surface area contributed by atoms with Crippen LogP contribution in [0.5, 0.6) is 0 Å². The lowest BCUT2D eigenvalue weighted by molar-refractivity contribution is 0.238. The molecule has 21 heavy (non-hydrogen) atoms. The third-order valence-corrected chi connectivity index (χ3v) is 4.11. The van der Waals surface area contributed by atoms with Crippen LogP contribution in [0.1, 0.15) is 23.6 Å². The zero-order valence-electron chi connectivity index (χ0n) is 13.1. The van der Waals surface area contributed by atoms with E-state index in [0.29, 0.717) is 0 Å². The summed E-state index contributed by atoms with van der Waals surface area (Å²) in [6.45, 7) is 6.16. The molecular formula is C15H24N2O3S. The third kappa shape index (κ3) is 7.13. The molecule has 0 heterocycles. The lowest BCUT2D eigenvalue weighted by Gasteiger charge is -2.16. The molecule has 1 rings (SSSR count). The van der Waals surface area contributed by atoms with E-state index in [-0.39, 0.29) is 24.4 Å². The van der Waals surface area contributed by atoms with Gasteiger partial charge in [-0.3, -0.25) is 0 Å². The van der Waals surface area contributed by atoms with Crippen LogP contribution in [0, 0.1) is 13.8 Å². The average molecular weight is 312 g/mol. The Morgan fingerprint density at radius 3 is 2.52 bits per heavy atom. The zero-order valence-corrected chi connectivity index (χ0v) is 13.9. The number of urea groups is 1. The van der Waals surface area contributed by atoms with E-state index >= 15 is 0 Å². The smallest absolute Gasteiger partial charge is 0.315 e. The minimum absolute atomic E-state index is 0.0235. The number of sulfone groups is 1. The number of carbonyl (C=O) groups is 1. The van der Waals surface area contributed by atoms with Gasteiger partial charge in [0.15, 0.2) is 0 Å².